The number of esters is 1. The van der Waals surface area contributed by atoms with Crippen molar-refractivity contribution < 1.29 is 82.5 Å². The number of carbonyl (C=O) groups is 7. The second kappa shape index (κ2) is 19.0. The number of hydrogen-bond acceptors (Lipinski definition) is 18. The molecule has 7 atom stereocenters. The van der Waals surface area contributed by atoms with Gasteiger partial charge in [0.25, 0.3) is 5.91 Å². The molecule has 0 bridgehead atoms. The van der Waals surface area contributed by atoms with Crippen molar-refractivity contribution in [3.05, 3.63) is 64.2 Å². The Morgan fingerprint density at radius 1 is 1.08 bits per heavy atom. The van der Waals surface area contributed by atoms with E-state index in [1.54, 1.807) is 0 Å². The molecule has 62 heavy (non-hydrogen) atoms. The number of ketones is 3. The molecule has 336 valence electrons. The lowest BCUT2D eigenvalue weighted by atomic mass is 9.72. The number of phenols is 2. The van der Waals surface area contributed by atoms with E-state index in [4.69, 9.17) is 40.0 Å². The number of phenolic OH excluding ortho intramolecular Hbond substituents is 2. The minimum Gasteiger partial charge on any atom is -0.507 e. The number of benzene rings is 2. The van der Waals surface area contributed by atoms with Crippen LogP contribution in [0.15, 0.2) is 30.9 Å². The molecular formula is C41H50N4O17. The lowest BCUT2D eigenvalue weighted by molar-refractivity contribution is -0.249. The van der Waals surface area contributed by atoms with E-state index in [2.05, 4.69) is 17.4 Å². The number of ether oxygens (including phenoxy) is 5. The average Bonchev–Trinajstić information content (AvgIpc) is 3.22. The van der Waals surface area contributed by atoms with Gasteiger partial charge < -0.3 is 60.9 Å². The van der Waals surface area contributed by atoms with E-state index < -0.39 is 138 Å². The number of hydroxylamine groups is 1. The highest BCUT2D eigenvalue weighted by molar-refractivity contribution is 6.31. The minimum absolute atomic E-state index is 0.0134. The summed E-state index contributed by atoms with van der Waals surface area (Å²) in [5, 5.41) is 49.2. The molecule has 0 saturated carbocycles. The summed E-state index contributed by atoms with van der Waals surface area (Å²) in [4.78, 5) is 95.9. The second-order valence-electron chi connectivity index (χ2n) is 15.8. The highest BCUT2D eigenvalue weighted by Gasteiger charge is 2.51. The van der Waals surface area contributed by atoms with Gasteiger partial charge in [-0.25, -0.2) is 10.3 Å². The first-order valence-corrected chi connectivity index (χ1v) is 19.4. The van der Waals surface area contributed by atoms with Gasteiger partial charge in [0, 0.05) is 42.4 Å². The third kappa shape index (κ3) is 9.72. The summed E-state index contributed by atoms with van der Waals surface area (Å²) >= 11 is 0. The fourth-order valence-electron chi connectivity index (χ4n) is 7.35. The molecule has 3 amide bonds. The number of aliphatic hydroxyl groups excluding tert-OH is 1. The molecule has 0 unspecified atom stereocenters. The molecule has 5 rings (SSSR count). The molecule has 3 aliphatic rings. The number of methoxy groups -OCH3 is 1. The van der Waals surface area contributed by atoms with Crippen LogP contribution in [-0.4, -0.2) is 125 Å². The molecule has 1 aliphatic heterocycles. The number of Topliss-reactive ketones (excluding diaryl/α,β-unsaturated/α-hetero) is 1. The van der Waals surface area contributed by atoms with Crippen molar-refractivity contribution in [2.75, 3.05) is 26.9 Å². The van der Waals surface area contributed by atoms with Gasteiger partial charge in [0.1, 0.15) is 35.6 Å². The Morgan fingerprint density at radius 2 is 1.77 bits per heavy atom. The van der Waals surface area contributed by atoms with Gasteiger partial charge in [0.15, 0.2) is 18.7 Å². The Labute approximate surface area is 354 Å². The van der Waals surface area contributed by atoms with Gasteiger partial charge in [0.05, 0.1) is 60.1 Å². The summed E-state index contributed by atoms with van der Waals surface area (Å²) in [5.41, 5.74) is 6.65. The molecule has 21 heteroatoms. The predicted octanol–water partition coefficient (Wildman–Crippen LogP) is 0.173. The standard InChI is InChI=1S/C41H50N4O17/c1-6-12-58-39(55)44-22-13-27(61-18(2)32(22)48)62-24-15-41(56,25(46)16-59-38(54)40(3,4)17-60-45-37(53)21(42)10-11-26(43)47)14-20-29(24)36(52)31-30(34(20)50)33(49)19-8-7-9-23(57-5)28(19)35(31)51/h6-9,18,21-22,24,27,32,48,50,52,56H,1,10-17,42H2,2-5H3,(H2,43,47)(H,44,55)(H,45,53)/t18-,21-,22-,24-,27-,32+,41-/m0/s1. The molecule has 10 N–H and O–H groups in total. The number of nitrogens with two attached hydrogens (primary N) is 2. The number of aromatic hydroxyl groups is 2. The zero-order chi connectivity index (χ0) is 45.8. The lowest BCUT2D eigenvalue weighted by Gasteiger charge is -2.42. The van der Waals surface area contributed by atoms with Crippen molar-refractivity contribution in [3.63, 3.8) is 0 Å². The summed E-state index contributed by atoms with van der Waals surface area (Å²) in [6.45, 7) is 6.04. The van der Waals surface area contributed by atoms with E-state index >= 15 is 0 Å². The number of primary amides is 1. The summed E-state index contributed by atoms with van der Waals surface area (Å²) in [6, 6.07) is 2.03. The Balaban J connectivity index is 1.44. The van der Waals surface area contributed by atoms with Crippen molar-refractivity contribution in [1.82, 2.24) is 10.8 Å². The third-order valence-electron chi connectivity index (χ3n) is 10.8. The van der Waals surface area contributed by atoms with Crippen molar-refractivity contribution in [2.45, 2.75) is 95.2 Å². The van der Waals surface area contributed by atoms with Crippen LogP contribution >= 0.6 is 0 Å². The average molecular weight is 871 g/mol. The molecule has 0 spiro atoms. The van der Waals surface area contributed by atoms with Crippen LogP contribution in [0.25, 0.3) is 0 Å². The zero-order valence-electron chi connectivity index (χ0n) is 34.4. The minimum atomic E-state index is -2.54. The first kappa shape index (κ1) is 47.1. The van der Waals surface area contributed by atoms with E-state index in [0.717, 1.165) is 0 Å². The van der Waals surface area contributed by atoms with Gasteiger partial charge in [-0.05, 0) is 33.3 Å². The molecule has 1 saturated heterocycles. The SMILES string of the molecule is C=CCOC(=O)N[C@H]1C[C@H](O[C@H]2C[C@](O)(C(=O)COC(=O)C(C)(C)CONC(=O)[C@@H](N)CCC(N)=O)Cc3c(O)c4c(c(O)c32)C(=O)c2c(OC)cccc2C4=O)O[C@@H](C)[C@H]1O. The highest BCUT2D eigenvalue weighted by Crippen LogP contribution is 2.52. The fraction of sp³-hybridized carbons (Fsp3) is 0.488. The number of carbonyl (C=O) groups excluding carboxylic acids is 7. The molecule has 0 radical (unpaired) electrons. The van der Waals surface area contributed by atoms with Crippen LogP contribution in [0.4, 0.5) is 4.79 Å². The molecule has 2 aromatic carbocycles. The maximum absolute atomic E-state index is 14.1. The topological polar surface area (TPSA) is 332 Å². The van der Waals surface area contributed by atoms with E-state index in [-0.39, 0.29) is 53.9 Å². The van der Waals surface area contributed by atoms with E-state index in [1.165, 1.54) is 52.2 Å². The van der Waals surface area contributed by atoms with Crippen LogP contribution in [-0.2, 0) is 49.4 Å². The predicted molar refractivity (Wildman–Crippen MR) is 210 cm³/mol. The molecule has 1 fully saturated rings. The van der Waals surface area contributed by atoms with Crippen LogP contribution in [0, 0.1) is 5.41 Å². The van der Waals surface area contributed by atoms with Crippen LogP contribution in [0.2, 0.25) is 0 Å². The highest BCUT2D eigenvalue weighted by atomic mass is 16.7. The number of alkyl carbamates (subject to hydrolysis) is 1. The quantitative estimate of drug-likeness (QED) is 0.0388. The zero-order valence-corrected chi connectivity index (χ0v) is 34.4. The van der Waals surface area contributed by atoms with Crippen LogP contribution in [0.5, 0.6) is 17.2 Å². The second-order valence-corrected chi connectivity index (χ2v) is 15.8. The van der Waals surface area contributed by atoms with E-state index in [9.17, 15) is 54.0 Å². The van der Waals surface area contributed by atoms with Gasteiger partial charge in [-0.3, -0.25) is 33.6 Å². The van der Waals surface area contributed by atoms with Gasteiger partial charge >= 0.3 is 12.1 Å². The Kier molecular flexibility index (Phi) is 14.4. The van der Waals surface area contributed by atoms with Gasteiger partial charge in [-0.1, -0.05) is 24.8 Å². The third-order valence-corrected chi connectivity index (χ3v) is 10.8. The summed E-state index contributed by atoms with van der Waals surface area (Å²) in [5.74, 6) is -6.96. The number of amides is 3. The molecule has 1 heterocycles. The fourth-order valence-corrected chi connectivity index (χ4v) is 7.35. The molecule has 0 aromatic heterocycles. The van der Waals surface area contributed by atoms with E-state index in [0.29, 0.717) is 0 Å². The maximum Gasteiger partial charge on any atom is 0.407 e. The smallest absolute Gasteiger partial charge is 0.407 e. The number of nitrogens with one attached hydrogen (secondary N) is 2. The molecule has 2 aliphatic carbocycles. The van der Waals surface area contributed by atoms with Gasteiger partial charge in [-0.2, -0.15) is 0 Å². The normalized spacial score (nSPS) is 23.4. The van der Waals surface area contributed by atoms with Gasteiger partial charge in [-0.15, -0.1) is 0 Å². The van der Waals surface area contributed by atoms with Gasteiger partial charge in [0.2, 0.25) is 17.5 Å². The maximum atomic E-state index is 14.1. The van der Waals surface area contributed by atoms with Crippen molar-refractivity contribution in [3.8, 4) is 17.2 Å². The van der Waals surface area contributed by atoms with Crippen LogP contribution in [0.3, 0.4) is 0 Å². The molecule has 2 aromatic rings. The number of hydrogen-bond donors (Lipinski definition) is 8. The Hall–Kier alpha value is -5.97. The van der Waals surface area contributed by atoms with Crippen molar-refractivity contribution in [1.29, 1.82) is 0 Å². The molecule has 21 nitrogen and oxygen atoms in total. The van der Waals surface area contributed by atoms with Crippen molar-refractivity contribution >= 4 is 41.2 Å². The van der Waals surface area contributed by atoms with Crippen molar-refractivity contribution in [2.24, 2.45) is 16.9 Å². The van der Waals surface area contributed by atoms with Crippen LogP contribution in [0.1, 0.15) is 95.5 Å². The largest absolute Gasteiger partial charge is 0.507 e. The number of fused-ring (bicyclic) bond motifs is 3. The Morgan fingerprint density at radius 3 is 2.44 bits per heavy atom. The summed E-state index contributed by atoms with van der Waals surface area (Å²) in [6.07, 6.45) is -6.70. The van der Waals surface area contributed by atoms with E-state index in [1.807, 2.05) is 0 Å². The Bertz CT molecular complexity index is 2160. The summed E-state index contributed by atoms with van der Waals surface area (Å²) < 4.78 is 27.7. The number of rotatable bonds is 17. The monoisotopic (exact) mass is 870 g/mol. The molecular weight excluding hydrogens is 820 g/mol. The first-order valence-electron chi connectivity index (χ1n) is 19.4. The van der Waals surface area contributed by atoms with Crippen LogP contribution < -0.4 is 27.0 Å². The summed E-state index contributed by atoms with van der Waals surface area (Å²) in [7, 11) is 1.28. The lowest BCUT2D eigenvalue weighted by Crippen LogP contribution is -2.56. The first-order chi connectivity index (χ1) is 29.1. The number of aliphatic hydroxyl groups is 2.